The number of fused-ring (bicyclic) bond motifs is 1. The summed E-state index contributed by atoms with van der Waals surface area (Å²) in [6.07, 6.45) is 0.738. The number of para-hydroxylation sites is 1. The van der Waals surface area contributed by atoms with Crippen LogP contribution in [0.5, 0.6) is 5.75 Å². The monoisotopic (exact) mass is 583 g/mol. The van der Waals surface area contributed by atoms with E-state index in [4.69, 9.17) is 25.2 Å². The zero-order valence-electron chi connectivity index (χ0n) is 23.9. The lowest BCUT2D eigenvalue weighted by molar-refractivity contribution is 0.122. The molecule has 5 heterocycles. The molecule has 1 atom stereocenters. The number of hydrogen-bond donors (Lipinski definition) is 1. The molecule has 6 rings (SSSR count). The van der Waals surface area contributed by atoms with Gasteiger partial charge >= 0.3 is 0 Å². The number of halogens is 2. The quantitative estimate of drug-likeness (QED) is 0.456. The molecule has 0 bridgehead atoms. The van der Waals surface area contributed by atoms with Crippen LogP contribution in [0.25, 0.3) is 17.0 Å². The number of nitrogens with zero attached hydrogens (tertiary/aromatic N) is 10. The van der Waals surface area contributed by atoms with Crippen molar-refractivity contribution in [2.45, 2.75) is 30.8 Å². The average molecular weight is 584 g/mol. The first-order chi connectivity index (χ1) is 20.3. The fourth-order valence-corrected chi connectivity index (χ4v) is 5.51. The molecule has 2 aromatic heterocycles. The van der Waals surface area contributed by atoms with E-state index in [-0.39, 0.29) is 23.8 Å². The van der Waals surface area contributed by atoms with E-state index in [1.165, 1.54) is 11.7 Å². The third-order valence-corrected chi connectivity index (χ3v) is 8.05. The topological polar surface area (TPSA) is 135 Å². The molecule has 1 unspecified atom stereocenters. The predicted molar refractivity (Wildman–Crippen MR) is 154 cm³/mol. The summed E-state index contributed by atoms with van der Waals surface area (Å²) >= 11 is 0. The number of methoxy groups -OCH3 is 1. The minimum atomic E-state index is -2.90. The Hall–Kier alpha value is -3.82. The number of imidazole rings is 1. The van der Waals surface area contributed by atoms with Gasteiger partial charge in [0.1, 0.15) is 16.8 Å². The number of guanidine groups is 1. The Labute approximate surface area is 242 Å². The van der Waals surface area contributed by atoms with Crippen molar-refractivity contribution in [3.63, 3.8) is 0 Å². The van der Waals surface area contributed by atoms with Crippen LogP contribution in [0.3, 0.4) is 0 Å². The Morgan fingerprint density at radius 2 is 1.81 bits per heavy atom. The highest BCUT2D eigenvalue weighted by Crippen LogP contribution is 2.32. The van der Waals surface area contributed by atoms with Crippen molar-refractivity contribution in [1.29, 1.82) is 0 Å². The van der Waals surface area contributed by atoms with Gasteiger partial charge in [0, 0.05) is 32.4 Å². The summed E-state index contributed by atoms with van der Waals surface area (Å²) < 4.78 is 40.9. The van der Waals surface area contributed by atoms with E-state index in [1.807, 2.05) is 11.9 Å². The number of ether oxygens (including phenoxy) is 2. The van der Waals surface area contributed by atoms with E-state index in [0.717, 1.165) is 25.9 Å². The lowest BCUT2D eigenvalue weighted by Gasteiger charge is -2.37. The molecule has 0 saturated carbocycles. The third kappa shape index (κ3) is 5.27. The maximum absolute atomic E-state index is 14.4. The fraction of sp³-hybridized carbons (Fsp3) is 0.556. The molecule has 2 N–H and O–H groups in total. The van der Waals surface area contributed by atoms with Crippen LogP contribution < -0.4 is 15.4 Å². The summed E-state index contributed by atoms with van der Waals surface area (Å²) in [5, 5.41) is 0. The average Bonchev–Trinajstić information content (AvgIpc) is 3.42. The van der Waals surface area contributed by atoms with Gasteiger partial charge in [-0.25, -0.2) is 23.7 Å². The van der Waals surface area contributed by atoms with E-state index in [0.29, 0.717) is 55.5 Å². The minimum absolute atomic E-state index is 0.0241. The number of rotatable bonds is 6. The van der Waals surface area contributed by atoms with E-state index < -0.39 is 17.8 Å². The smallest absolute Gasteiger partial charge is 0.296 e. The number of piperidine rings is 1. The summed E-state index contributed by atoms with van der Waals surface area (Å²) in [6, 6.07) is 5.37. The Morgan fingerprint density at radius 1 is 1.07 bits per heavy atom. The van der Waals surface area contributed by atoms with Gasteiger partial charge in [-0.15, -0.1) is 0 Å². The third-order valence-electron chi connectivity index (χ3n) is 8.05. The number of hydrogen-bond acceptors (Lipinski definition) is 12. The highest BCUT2D eigenvalue weighted by atomic mass is 19.3. The van der Waals surface area contributed by atoms with Crippen LogP contribution in [0.1, 0.15) is 30.9 Å². The maximum Gasteiger partial charge on any atom is 0.296 e. The zero-order chi connectivity index (χ0) is 29.4. The molecule has 2 fully saturated rings. The van der Waals surface area contributed by atoms with Crippen LogP contribution in [-0.2, 0) is 10.3 Å². The van der Waals surface area contributed by atoms with Gasteiger partial charge in [0.2, 0.25) is 17.9 Å². The van der Waals surface area contributed by atoms with Gasteiger partial charge in [0.25, 0.3) is 6.43 Å². The lowest BCUT2D eigenvalue weighted by atomic mass is 10.0. The molecule has 13 nitrogen and oxygen atoms in total. The molecule has 42 heavy (non-hydrogen) atoms. The van der Waals surface area contributed by atoms with E-state index in [2.05, 4.69) is 36.8 Å². The fourth-order valence-electron chi connectivity index (χ4n) is 5.51. The largest absolute Gasteiger partial charge is 0.494 e. The highest BCUT2D eigenvalue weighted by Gasteiger charge is 2.36. The molecule has 0 amide bonds. The SMILES string of the molecule is COc1cccc2c1nc(C(F)F)n2-c1nc(N2CCOCC2)nc(C2(N)C=NC(N(C)C3CCN(C)CC3)=NC2)n1. The Kier molecular flexibility index (Phi) is 7.72. The van der Waals surface area contributed by atoms with Gasteiger partial charge in [-0.2, -0.15) is 15.0 Å². The van der Waals surface area contributed by atoms with Crippen molar-refractivity contribution in [3.05, 3.63) is 29.8 Å². The number of likely N-dealkylation sites (tertiary alicyclic amines) is 1. The maximum atomic E-state index is 14.4. The van der Waals surface area contributed by atoms with Crippen molar-refractivity contribution < 1.29 is 18.3 Å². The van der Waals surface area contributed by atoms with Gasteiger partial charge in [-0.1, -0.05) is 6.07 Å². The molecular formula is C27H35F2N11O2. The van der Waals surface area contributed by atoms with Gasteiger partial charge in [-0.3, -0.25) is 4.57 Å². The number of anilines is 1. The van der Waals surface area contributed by atoms with Crippen LogP contribution in [0, 0.1) is 0 Å². The summed E-state index contributed by atoms with van der Waals surface area (Å²) in [6.45, 7) is 4.18. The van der Waals surface area contributed by atoms with Gasteiger partial charge in [-0.05, 0) is 45.1 Å². The van der Waals surface area contributed by atoms with Gasteiger partial charge in [0.05, 0.1) is 32.4 Å². The van der Waals surface area contributed by atoms with Gasteiger partial charge in [0.15, 0.2) is 11.6 Å². The normalized spacial score (nSPS) is 22.2. The van der Waals surface area contributed by atoms with Gasteiger partial charge < -0.3 is 29.9 Å². The number of alkyl halides is 2. The second kappa shape index (κ2) is 11.5. The van der Waals surface area contributed by atoms with Crippen LogP contribution >= 0.6 is 0 Å². The van der Waals surface area contributed by atoms with Crippen molar-refractivity contribution in [1.82, 2.24) is 34.3 Å². The standard InChI is InChI=1S/C27H35F2N11O2/c1-37-9-7-17(8-10-37)38(2)24-31-15-27(30,16-32-24)23-34-25(39-11-13-42-14-12-39)36-26(35-23)40-18-5-4-6-19(41-3)20(18)33-22(40)21(28)29/h4-6,15,17,21H,7-14,16,30H2,1-3H3. The zero-order valence-corrected chi connectivity index (χ0v) is 23.9. The molecule has 3 aliphatic heterocycles. The molecule has 224 valence electrons. The molecule has 0 aliphatic carbocycles. The molecule has 3 aromatic rings. The van der Waals surface area contributed by atoms with Crippen molar-refractivity contribution in [3.8, 4) is 11.7 Å². The Morgan fingerprint density at radius 3 is 2.48 bits per heavy atom. The molecule has 3 aliphatic rings. The number of benzene rings is 1. The van der Waals surface area contributed by atoms with Crippen LogP contribution in [0.15, 0.2) is 28.2 Å². The van der Waals surface area contributed by atoms with Crippen LogP contribution in [0.2, 0.25) is 0 Å². The van der Waals surface area contributed by atoms with E-state index in [9.17, 15) is 8.78 Å². The summed E-state index contributed by atoms with van der Waals surface area (Å²) in [5.74, 6) is 0.904. The Bertz CT molecular complexity index is 1500. The number of aromatic nitrogens is 5. The minimum Gasteiger partial charge on any atom is -0.494 e. The summed E-state index contributed by atoms with van der Waals surface area (Å²) in [7, 11) is 5.58. The first-order valence-electron chi connectivity index (χ1n) is 14.0. The van der Waals surface area contributed by atoms with Crippen LogP contribution in [0.4, 0.5) is 14.7 Å². The first kappa shape index (κ1) is 28.3. The molecule has 0 radical (unpaired) electrons. The number of nitrogens with two attached hydrogens (primary N) is 1. The second-order valence-corrected chi connectivity index (χ2v) is 10.9. The van der Waals surface area contributed by atoms with E-state index in [1.54, 1.807) is 24.4 Å². The summed E-state index contributed by atoms with van der Waals surface area (Å²) in [5.41, 5.74) is 6.21. The highest BCUT2D eigenvalue weighted by molar-refractivity contribution is 5.93. The molecular weight excluding hydrogens is 548 g/mol. The van der Waals surface area contributed by atoms with Crippen LogP contribution in [-0.4, -0.2) is 120 Å². The summed E-state index contributed by atoms with van der Waals surface area (Å²) in [4.78, 5) is 33.9. The predicted octanol–water partition coefficient (Wildman–Crippen LogP) is 1.61. The molecule has 1 aromatic carbocycles. The number of aliphatic imine (C=N–C) groups is 2. The number of morpholine rings is 1. The second-order valence-electron chi connectivity index (χ2n) is 10.9. The Balaban J connectivity index is 1.41. The van der Waals surface area contributed by atoms with Crippen molar-refractivity contribution in [2.24, 2.45) is 15.7 Å². The first-order valence-corrected chi connectivity index (χ1v) is 14.0. The van der Waals surface area contributed by atoms with Crippen molar-refractivity contribution in [2.75, 3.05) is 72.0 Å². The molecule has 2 saturated heterocycles. The lowest BCUT2D eigenvalue weighted by Crippen LogP contribution is -2.49. The molecule has 0 spiro atoms. The van der Waals surface area contributed by atoms with Crippen molar-refractivity contribution >= 4 is 29.2 Å². The van der Waals surface area contributed by atoms with E-state index >= 15 is 0 Å². The molecule has 15 heteroatoms.